The number of aryl methyl sites for hydroxylation is 1. The SMILES string of the molecule is Cc1ccc(NC(=O)C(C)C#N)cc1Br. The van der Waals surface area contributed by atoms with E-state index in [1.807, 2.05) is 31.2 Å². The van der Waals surface area contributed by atoms with Gasteiger partial charge < -0.3 is 5.32 Å². The molecule has 0 radical (unpaired) electrons. The van der Waals surface area contributed by atoms with Crippen molar-refractivity contribution < 1.29 is 4.79 Å². The first-order valence-corrected chi connectivity index (χ1v) is 5.30. The Morgan fingerprint density at radius 1 is 1.60 bits per heavy atom. The summed E-state index contributed by atoms with van der Waals surface area (Å²) in [7, 11) is 0. The zero-order valence-corrected chi connectivity index (χ0v) is 10.1. The lowest BCUT2D eigenvalue weighted by atomic mass is 10.2. The van der Waals surface area contributed by atoms with Crippen LogP contribution in [-0.4, -0.2) is 5.91 Å². The molecule has 1 N–H and O–H groups in total. The van der Waals surface area contributed by atoms with E-state index >= 15 is 0 Å². The Morgan fingerprint density at radius 2 is 2.27 bits per heavy atom. The normalized spacial score (nSPS) is 11.6. The molecule has 0 aromatic heterocycles. The molecule has 0 saturated carbocycles. The van der Waals surface area contributed by atoms with Crippen LogP contribution in [0.1, 0.15) is 12.5 Å². The van der Waals surface area contributed by atoms with Gasteiger partial charge in [0, 0.05) is 10.2 Å². The second kappa shape index (κ2) is 4.94. The monoisotopic (exact) mass is 266 g/mol. The van der Waals surface area contributed by atoms with Gasteiger partial charge in [-0.15, -0.1) is 0 Å². The Morgan fingerprint density at radius 3 is 2.80 bits per heavy atom. The molecule has 1 atom stereocenters. The number of hydrogen-bond donors (Lipinski definition) is 1. The minimum Gasteiger partial charge on any atom is -0.325 e. The summed E-state index contributed by atoms with van der Waals surface area (Å²) in [4.78, 5) is 11.4. The standard InChI is InChI=1S/C11H11BrN2O/c1-7-3-4-9(5-10(7)12)14-11(15)8(2)6-13/h3-5,8H,1-2H3,(H,14,15). The molecule has 4 heteroatoms. The lowest BCUT2D eigenvalue weighted by Crippen LogP contribution is -2.18. The third-order valence-corrected chi connectivity index (χ3v) is 2.88. The fourth-order valence-electron chi connectivity index (χ4n) is 0.980. The average Bonchev–Trinajstić information content (AvgIpc) is 2.22. The number of benzene rings is 1. The van der Waals surface area contributed by atoms with Gasteiger partial charge in [0.25, 0.3) is 0 Å². The molecular formula is C11H11BrN2O. The summed E-state index contributed by atoms with van der Waals surface area (Å²) in [5.41, 5.74) is 1.79. The van der Waals surface area contributed by atoms with Crippen LogP contribution in [0.15, 0.2) is 22.7 Å². The van der Waals surface area contributed by atoms with Gasteiger partial charge in [-0.2, -0.15) is 5.26 Å². The van der Waals surface area contributed by atoms with E-state index in [9.17, 15) is 4.79 Å². The molecule has 0 spiro atoms. The van der Waals surface area contributed by atoms with Gasteiger partial charge in [0.1, 0.15) is 5.92 Å². The number of amides is 1. The zero-order valence-electron chi connectivity index (χ0n) is 8.54. The quantitative estimate of drug-likeness (QED) is 0.895. The maximum atomic E-state index is 11.4. The van der Waals surface area contributed by atoms with Crippen molar-refractivity contribution in [3.05, 3.63) is 28.2 Å². The van der Waals surface area contributed by atoms with Crippen LogP contribution < -0.4 is 5.32 Å². The van der Waals surface area contributed by atoms with E-state index in [4.69, 9.17) is 5.26 Å². The summed E-state index contributed by atoms with van der Waals surface area (Å²) in [5, 5.41) is 11.2. The molecule has 1 amide bonds. The fraction of sp³-hybridized carbons (Fsp3) is 0.273. The predicted molar refractivity (Wildman–Crippen MR) is 62.3 cm³/mol. The van der Waals surface area contributed by atoms with Gasteiger partial charge in [0.05, 0.1) is 6.07 Å². The number of nitrogens with zero attached hydrogens (tertiary/aromatic N) is 1. The van der Waals surface area contributed by atoms with Crippen LogP contribution >= 0.6 is 15.9 Å². The van der Waals surface area contributed by atoms with Crippen molar-refractivity contribution >= 4 is 27.5 Å². The Hall–Kier alpha value is -1.34. The van der Waals surface area contributed by atoms with E-state index in [0.717, 1.165) is 10.0 Å². The van der Waals surface area contributed by atoms with Crippen LogP contribution in [0, 0.1) is 24.2 Å². The summed E-state index contributed by atoms with van der Waals surface area (Å²) in [5.74, 6) is -0.918. The molecule has 0 bridgehead atoms. The number of carbonyl (C=O) groups excluding carboxylic acids is 1. The van der Waals surface area contributed by atoms with Crippen LogP contribution in [0.2, 0.25) is 0 Å². The van der Waals surface area contributed by atoms with Crippen LogP contribution in [0.4, 0.5) is 5.69 Å². The number of carbonyl (C=O) groups is 1. The minimum absolute atomic E-state index is 0.284. The largest absolute Gasteiger partial charge is 0.325 e. The van der Waals surface area contributed by atoms with E-state index < -0.39 is 5.92 Å². The van der Waals surface area contributed by atoms with E-state index in [-0.39, 0.29) is 5.91 Å². The van der Waals surface area contributed by atoms with Crippen molar-refractivity contribution in [2.75, 3.05) is 5.32 Å². The molecule has 3 nitrogen and oxygen atoms in total. The van der Waals surface area contributed by atoms with Crippen LogP contribution in [-0.2, 0) is 4.79 Å². The van der Waals surface area contributed by atoms with Gasteiger partial charge in [0.15, 0.2) is 0 Å². The Kier molecular flexibility index (Phi) is 3.87. The molecule has 1 unspecified atom stereocenters. The van der Waals surface area contributed by atoms with Gasteiger partial charge in [-0.05, 0) is 31.5 Å². The Balaban J connectivity index is 2.78. The smallest absolute Gasteiger partial charge is 0.241 e. The van der Waals surface area contributed by atoms with Crippen LogP contribution in [0.25, 0.3) is 0 Å². The summed E-state index contributed by atoms with van der Waals surface area (Å²) in [6.07, 6.45) is 0. The fourth-order valence-corrected chi connectivity index (χ4v) is 1.36. The average molecular weight is 267 g/mol. The molecule has 1 aromatic rings. The third-order valence-electron chi connectivity index (χ3n) is 2.03. The molecule has 0 fully saturated rings. The predicted octanol–water partition coefficient (Wildman–Crippen LogP) is 2.86. The topological polar surface area (TPSA) is 52.9 Å². The van der Waals surface area contributed by atoms with Crippen molar-refractivity contribution in [2.45, 2.75) is 13.8 Å². The van der Waals surface area contributed by atoms with Crippen molar-refractivity contribution in [1.29, 1.82) is 5.26 Å². The highest BCUT2D eigenvalue weighted by atomic mass is 79.9. The molecule has 1 aromatic carbocycles. The maximum absolute atomic E-state index is 11.4. The van der Waals surface area contributed by atoms with E-state index in [0.29, 0.717) is 5.69 Å². The van der Waals surface area contributed by atoms with E-state index in [1.54, 1.807) is 6.92 Å². The van der Waals surface area contributed by atoms with Crippen molar-refractivity contribution in [3.8, 4) is 6.07 Å². The highest BCUT2D eigenvalue weighted by Gasteiger charge is 2.11. The number of nitriles is 1. The summed E-state index contributed by atoms with van der Waals surface area (Å²) in [6, 6.07) is 7.41. The number of hydrogen-bond acceptors (Lipinski definition) is 2. The van der Waals surface area contributed by atoms with Crippen molar-refractivity contribution in [1.82, 2.24) is 0 Å². The lowest BCUT2D eigenvalue weighted by Gasteiger charge is -2.07. The van der Waals surface area contributed by atoms with Crippen LogP contribution in [0.5, 0.6) is 0 Å². The molecular weight excluding hydrogens is 256 g/mol. The third kappa shape index (κ3) is 3.07. The number of anilines is 1. The Bertz CT molecular complexity index is 423. The van der Waals surface area contributed by atoms with Gasteiger partial charge in [-0.3, -0.25) is 4.79 Å². The highest BCUT2D eigenvalue weighted by Crippen LogP contribution is 2.20. The van der Waals surface area contributed by atoms with Crippen molar-refractivity contribution in [2.24, 2.45) is 5.92 Å². The number of halogens is 1. The van der Waals surface area contributed by atoms with Crippen molar-refractivity contribution in [3.63, 3.8) is 0 Å². The lowest BCUT2D eigenvalue weighted by molar-refractivity contribution is -0.117. The van der Waals surface area contributed by atoms with Gasteiger partial charge in [0.2, 0.25) is 5.91 Å². The minimum atomic E-state index is -0.634. The molecule has 0 aliphatic heterocycles. The summed E-state index contributed by atoms with van der Waals surface area (Å²) < 4.78 is 0.935. The first-order chi connectivity index (χ1) is 7.04. The second-order valence-corrected chi connectivity index (χ2v) is 4.16. The zero-order chi connectivity index (χ0) is 11.4. The molecule has 0 aliphatic carbocycles. The Labute approximate surface area is 97.2 Å². The molecule has 15 heavy (non-hydrogen) atoms. The molecule has 0 heterocycles. The molecule has 78 valence electrons. The van der Waals surface area contributed by atoms with Crippen LogP contribution in [0.3, 0.4) is 0 Å². The molecule has 0 aliphatic rings. The van der Waals surface area contributed by atoms with Gasteiger partial charge >= 0.3 is 0 Å². The summed E-state index contributed by atoms with van der Waals surface area (Å²) >= 11 is 3.37. The summed E-state index contributed by atoms with van der Waals surface area (Å²) in [6.45, 7) is 3.53. The first kappa shape index (κ1) is 11.7. The van der Waals surface area contributed by atoms with E-state index in [2.05, 4.69) is 21.2 Å². The van der Waals surface area contributed by atoms with Gasteiger partial charge in [-0.25, -0.2) is 0 Å². The number of nitrogens with one attached hydrogen (secondary N) is 1. The molecule has 1 rings (SSSR count). The number of rotatable bonds is 2. The highest BCUT2D eigenvalue weighted by molar-refractivity contribution is 9.10. The second-order valence-electron chi connectivity index (χ2n) is 3.30. The van der Waals surface area contributed by atoms with Gasteiger partial charge in [-0.1, -0.05) is 22.0 Å². The van der Waals surface area contributed by atoms with E-state index in [1.165, 1.54) is 0 Å². The maximum Gasteiger partial charge on any atom is 0.241 e. The molecule has 0 saturated heterocycles. The first-order valence-electron chi connectivity index (χ1n) is 4.51.